The first kappa shape index (κ1) is 22.0. The van der Waals surface area contributed by atoms with E-state index in [2.05, 4.69) is 53.2 Å². The molecule has 0 saturated heterocycles. The molecule has 0 bridgehead atoms. The molecular formula is C21H33IN4O. The van der Waals surface area contributed by atoms with Crippen LogP contribution in [0.25, 0.3) is 0 Å². The second kappa shape index (κ2) is 10.9. The van der Waals surface area contributed by atoms with Crippen LogP contribution in [0.4, 0.5) is 0 Å². The molecule has 2 fully saturated rings. The highest BCUT2D eigenvalue weighted by atomic mass is 127. The summed E-state index contributed by atoms with van der Waals surface area (Å²) in [6.45, 7) is 4.50. The summed E-state index contributed by atoms with van der Waals surface area (Å²) >= 11 is 0. The first-order chi connectivity index (χ1) is 12.7. The van der Waals surface area contributed by atoms with E-state index in [1.54, 1.807) is 0 Å². The Kier molecular flexibility index (Phi) is 8.86. The fourth-order valence-corrected chi connectivity index (χ4v) is 3.49. The maximum absolute atomic E-state index is 11.7. The van der Waals surface area contributed by atoms with E-state index in [4.69, 9.17) is 4.99 Å². The molecule has 1 aromatic carbocycles. The highest BCUT2D eigenvalue weighted by Gasteiger charge is 2.38. The summed E-state index contributed by atoms with van der Waals surface area (Å²) in [4.78, 5) is 16.6. The van der Waals surface area contributed by atoms with Gasteiger partial charge in [0.05, 0.1) is 6.54 Å². The Hall–Kier alpha value is -1.31. The lowest BCUT2D eigenvalue weighted by Crippen LogP contribution is -2.42. The van der Waals surface area contributed by atoms with Gasteiger partial charge in [-0.1, -0.05) is 36.8 Å². The zero-order valence-electron chi connectivity index (χ0n) is 16.3. The molecular weight excluding hydrogens is 451 g/mol. The number of halogens is 1. The molecule has 6 heteroatoms. The van der Waals surface area contributed by atoms with Crippen LogP contribution in [0.15, 0.2) is 35.3 Å². The Bertz CT molecular complexity index is 612. The van der Waals surface area contributed by atoms with E-state index in [-0.39, 0.29) is 35.3 Å². The number of nitrogens with one attached hydrogen (secondary N) is 3. The zero-order valence-corrected chi connectivity index (χ0v) is 18.6. The first-order valence-electron chi connectivity index (χ1n) is 10.1. The van der Waals surface area contributed by atoms with Crippen LogP contribution in [0.2, 0.25) is 0 Å². The predicted octanol–water partition coefficient (Wildman–Crippen LogP) is 3.34. The summed E-state index contributed by atoms with van der Waals surface area (Å²) in [6, 6.07) is 11.2. The number of nitrogens with zero attached hydrogens (tertiary/aromatic N) is 1. The average molecular weight is 484 g/mol. The number of amides is 1. The minimum atomic E-state index is 0. The number of carbonyl (C=O) groups excluding carboxylic acids is 1. The summed E-state index contributed by atoms with van der Waals surface area (Å²) in [6.07, 6.45) is 7.39. The van der Waals surface area contributed by atoms with Gasteiger partial charge < -0.3 is 16.0 Å². The third-order valence-corrected chi connectivity index (χ3v) is 5.40. The standard InChI is InChI=1S/C21H32N4O.HI/c1-2-22-20(23-15-6-10-19(26)25-18-11-12-18)24-16-21(13-7-14-21)17-8-4-3-5-9-17;/h3-5,8-9,18H,2,6-7,10-16H2,1H3,(H,25,26)(H2,22,23,24);1H. The largest absolute Gasteiger partial charge is 0.357 e. The van der Waals surface area contributed by atoms with Gasteiger partial charge in [0.25, 0.3) is 0 Å². The van der Waals surface area contributed by atoms with Gasteiger partial charge in [-0.25, -0.2) is 0 Å². The molecule has 5 nitrogen and oxygen atoms in total. The SMILES string of the molecule is CCNC(=NCC1(c2ccccc2)CCC1)NCCCC(=O)NC1CC1.I. The van der Waals surface area contributed by atoms with Crippen molar-refractivity contribution in [2.24, 2.45) is 4.99 Å². The van der Waals surface area contributed by atoms with Crippen LogP contribution in [0, 0.1) is 0 Å². The quantitative estimate of drug-likeness (QED) is 0.218. The van der Waals surface area contributed by atoms with E-state index in [1.807, 2.05) is 0 Å². The molecule has 0 spiro atoms. The minimum absolute atomic E-state index is 0. The van der Waals surface area contributed by atoms with Crippen molar-refractivity contribution in [3.8, 4) is 0 Å². The number of hydrogen-bond acceptors (Lipinski definition) is 2. The minimum Gasteiger partial charge on any atom is -0.357 e. The molecule has 3 N–H and O–H groups in total. The molecule has 27 heavy (non-hydrogen) atoms. The average Bonchev–Trinajstić information content (AvgIpc) is 3.42. The molecule has 0 unspecified atom stereocenters. The van der Waals surface area contributed by atoms with Gasteiger partial charge in [-0.15, -0.1) is 24.0 Å². The first-order valence-corrected chi connectivity index (χ1v) is 10.1. The van der Waals surface area contributed by atoms with Crippen LogP contribution < -0.4 is 16.0 Å². The Morgan fingerprint density at radius 1 is 1.19 bits per heavy atom. The van der Waals surface area contributed by atoms with Gasteiger partial charge in [-0.05, 0) is 44.6 Å². The smallest absolute Gasteiger partial charge is 0.220 e. The van der Waals surface area contributed by atoms with Crippen molar-refractivity contribution >= 4 is 35.8 Å². The summed E-state index contributed by atoms with van der Waals surface area (Å²) in [5.41, 5.74) is 1.61. The van der Waals surface area contributed by atoms with E-state index in [0.29, 0.717) is 12.5 Å². The van der Waals surface area contributed by atoms with Crippen molar-refractivity contribution in [1.82, 2.24) is 16.0 Å². The number of hydrogen-bond donors (Lipinski definition) is 3. The second-order valence-corrected chi connectivity index (χ2v) is 7.57. The third-order valence-electron chi connectivity index (χ3n) is 5.40. The second-order valence-electron chi connectivity index (χ2n) is 7.57. The number of benzene rings is 1. The molecule has 2 saturated carbocycles. The lowest BCUT2D eigenvalue weighted by molar-refractivity contribution is -0.121. The molecule has 0 aromatic heterocycles. The van der Waals surface area contributed by atoms with Gasteiger partial charge in [-0.2, -0.15) is 0 Å². The molecule has 150 valence electrons. The van der Waals surface area contributed by atoms with Crippen LogP contribution in [-0.4, -0.2) is 37.5 Å². The molecule has 0 atom stereocenters. The van der Waals surface area contributed by atoms with Crippen LogP contribution in [-0.2, 0) is 10.2 Å². The van der Waals surface area contributed by atoms with Crippen LogP contribution in [0.1, 0.15) is 57.4 Å². The molecule has 0 aliphatic heterocycles. The number of rotatable bonds is 9. The molecule has 3 rings (SSSR count). The van der Waals surface area contributed by atoms with Gasteiger partial charge in [0.1, 0.15) is 0 Å². The van der Waals surface area contributed by atoms with Gasteiger partial charge in [0.2, 0.25) is 5.91 Å². The van der Waals surface area contributed by atoms with Crippen molar-refractivity contribution < 1.29 is 4.79 Å². The molecule has 2 aliphatic rings. The third kappa shape index (κ3) is 6.66. The summed E-state index contributed by atoms with van der Waals surface area (Å²) in [5.74, 6) is 1.03. The van der Waals surface area contributed by atoms with E-state index >= 15 is 0 Å². The summed E-state index contributed by atoms with van der Waals surface area (Å²) in [5, 5.41) is 9.73. The monoisotopic (exact) mass is 484 g/mol. The van der Waals surface area contributed by atoms with Gasteiger partial charge >= 0.3 is 0 Å². The Morgan fingerprint density at radius 2 is 1.93 bits per heavy atom. The Morgan fingerprint density at radius 3 is 2.52 bits per heavy atom. The van der Waals surface area contributed by atoms with Crippen molar-refractivity contribution in [2.75, 3.05) is 19.6 Å². The van der Waals surface area contributed by atoms with Crippen LogP contribution in [0.5, 0.6) is 0 Å². The Balaban J connectivity index is 0.00000261. The number of aliphatic imine (C=N–C) groups is 1. The number of guanidine groups is 1. The molecule has 0 radical (unpaired) electrons. The molecule has 0 heterocycles. The van der Waals surface area contributed by atoms with Crippen LogP contribution in [0.3, 0.4) is 0 Å². The summed E-state index contributed by atoms with van der Waals surface area (Å²) < 4.78 is 0. The summed E-state index contributed by atoms with van der Waals surface area (Å²) in [7, 11) is 0. The lowest BCUT2D eigenvalue weighted by atomic mass is 9.64. The molecule has 1 amide bonds. The van der Waals surface area contributed by atoms with Crippen molar-refractivity contribution in [1.29, 1.82) is 0 Å². The fraction of sp³-hybridized carbons (Fsp3) is 0.619. The maximum Gasteiger partial charge on any atom is 0.220 e. The van der Waals surface area contributed by atoms with Gasteiger partial charge in [0.15, 0.2) is 5.96 Å². The van der Waals surface area contributed by atoms with Gasteiger partial charge in [0, 0.05) is 31.0 Å². The van der Waals surface area contributed by atoms with E-state index in [0.717, 1.165) is 44.9 Å². The highest BCUT2D eigenvalue weighted by Crippen LogP contribution is 2.43. The molecule has 2 aliphatic carbocycles. The topological polar surface area (TPSA) is 65.5 Å². The van der Waals surface area contributed by atoms with Crippen molar-refractivity contribution in [3.63, 3.8) is 0 Å². The maximum atomic E-state index is 11.7. The fourth-order valence-electron chi connectivity index (χ4n) is 3.49. The van der Waals surface area contributed by atoms with Gasteiger partial charge in [-0.3, -0.25) is 9.79 Å². The van der Waals surface area contributed by atoms with E-state index < -0.39 is 0 Å². The number of carbonyl (C=O) groups is 1. The lowest BCUT2D eigenvalue weighted by Gasteiger charge is -2.41. The normalized spacial score (nSPS) is 18.0. The van der Waals surface area contributed by atoms with E-state index in [9.17, 15) is 4.79 Å². The van der Waals surface area contributed by atoms with Crippen molar-refractivity contribution in [2.45, 2.75) is 63.3 Å². The van der Waals surface area contributed by atoms with Crippen LogP contribution >= 0.6 is 24.0 Å². The zero-order chi connectivity index (χ0) is 18.2. The predicted molar refractivity (Wildman–Crippen MR) is 122 cm³/mol. The molecule has 1 aromatic rings. The van der Waals surface area contributed by atoms with E-state index in [1.165, 1.54) is 24.8 Å². The van der Waals surface area contributed by atoms with Crippen molar-refractivity contribution in [3.05, 3.63) is 35.9 Å². The highest BCUT2D eigenvalue weighted by molar-refractivity contribution is 14.0. The Labute approximate surface area is 180 Å².